The van der Waals surface area contributed by atoms with Gasteiger partial charge in [-0.15, -0.1) is 0 Å². The van der Waals surface area contributed by atoms with E-state index in [0.717, 1.165) is 29.8 Å². The Morgan fingerprint density at radius 1 is 1.17 bits per heavy atom. The quantitative estimate of drug-likeness (QED) is 0.735. The molecule has 5 heteroatoms. The van der Waals surface area contributed by atoms with Gasteiger partial charge in [0.1, 0.15) is 6.10 Å². The largest absolute Gasteiger partial charge is 0.371 e. The van der Waals surface area contributed by atoms with Gasteiger partial charge in [0.05, 0.1) is 11.7 Å². The third kappa shape index (κ3) is 3.14. The van der Waals surface area contributed by atoms with Gasteiger partial charge in [-0.05, 0) is 48.9 Å². The summed E-state index contributed by atoms with van der Waals surface area (Å²) in [6.07, 6.45) is 1.65. The Morgan fingerprint density at radius 2 is 1.97 bits per heavy atom. The van der Waals surface area contributed by atoms with E-state index in [9.17, 15) is 4.79 Å². The first-order chi connectivity index (χ1) is 14.0. The van der Waals surface area contributed by atoms with E-state index in [1.54, 1.807) is 0 Å². The zero-order valence-electron chi connectivity index (χ0n) is 17.2. The second kappa shape index (κ2) is 6.99. The van der Waals surface area contributed by atoms with E-state index in [2.05, 4.69) is 59.8 Å². The van der Waals surface area contributed by atoms with Crippen molar-refractivity contribution in [1.29, 1.82) is 0 Å². The van der Waals surface area contributed by atoms with Gasteiger partial charge >= 0.3 is 0 Å². The van der Waals surface area contributed by atoms with Gasteiger partial charge in [0.2, 0.25) is 5.91 Å². The molecule has 2 aliphatic rings. The number of carbonyl (C=O) groups is 1. The summed E-state index contributed by atoms with van der Waals surface area (Å²) in [4.78, 5) is 13.0. The summed E-state index contributed by atoms with van der Waals surface area (Å²) in [7, 11) is 1.95. The molecule has 1 saturated carbocycles. The molecular weight excluding hydrogens is 362 g/mol. The molecule has 150 valence electrons. The molecule has 1 N–H and O–H groups in total. The van der Waals surface area contributed by atoms with Crippen molar-refractivity contribution in [2.45, 2.75) is 44.8 Å². The van der Waals surface area contributed by atoms with Crippen LogP contribution < -0.4 is 5.32 Å². The molecule has 2 fully saturated rings. The van der Waals surface area contributed by atoms with Gasteiger partial charge < -0.3 is 10.1 Å². The lowest BCUT2D eigenvalue weighted by atomic mass is 9.99. The molecule has 3 aromatic rings. The van der Waals surface area contributed by atoms with E-state index in [0.29, 0.717) is 12.5 Å². The van der Waals surface area contributed by atoms with Crippen LogP contribution in [0.25, 0.3) is 10.8 Å². The van der Waals surface area contributed by atoms with Gasteiger partial charge in [-0.25, -0.2) is 0 Å². The first-order valence-electron chi connectivity index (χ1n) is 10.4. The Hall–Kier alpha value is -2.66. The van der Waals surface area contributed by atoms with Crippen molar-refractivity contribution in [2.75, 3.05) is 6.61 Å². The number of nitrogens with zero attached hydrogens (tertiary/aromatic N) is 2. The van der Waals surface area contributed by atoms with Crippen LogP contribution >= 0.6 is 0 Å². The van der Waals surface area contributed by atoms with Gasteiger partial charge in [-0.2, -0.15) is 5.10 Å². The van der Waals surface area contributed by atoms with Crippen LogP contribution in [-0.4, -0.2) is 28.3 Å². The number of amides is 1. The smallest absolute Gasteiger partial charge is 0.224 e. The monoisotopic (exact) mass is 389 g/mol. The third-order valence-corrected chi connectivity index (χ3v) is 6.62. The number of aryl methyl sites for hydroxylation is 2. The fraction of sp³-hybridized carbons (Fsp3) is 0.417. The molecule has 0 radical (unpaired) electrons. The highest BCUT2D eigenvalue weighted by Gasteiger charge is 2.46. The number of hydrogen-bond acceptors (Lipinski definition) is 3. The lowest BCUT2D eigenvalue weighted by molar-refractivity contribution is -0.123. The summed E-state index contributed by atoms with van der Waals surface area (Å²) in [5, 5.41) is 10.3. The molecule has 2 aromatic carbocycles. The molecule has 4 atom stereocenters. The van der Waals surface area contributed by atoms with Crippen molar-refractivity contribution in [1.82, 2.24) is 15.1 Å². The predicted octanol–water partition coefficient (Wildman–Crippen LogP) is 3.94. The van der Waals surface area contributed by atoms with E-state index >= 15 is 0 Å². The predicted molar refractivity (Wildman–Crippen MR) is 113 cm³/mol. The van der Waals surface area contributed by atoms with E-state index in [-0.39, 0.29) is 24.0 Å². The van der Waals surface area contributed by atoms with Crippen LogP contribution in [0, 0.1) is 19.8 Å². The molecular formula is C24H27N3O2. The average molecular weight is 389 g/mol. The number of rotatable bonds is 4. The molecule has 0 bridgehead atoms. The SMILES string of the molecule is Cc1nn(C)c(C)c1[C@H]1OCC[C@@H]1NC(=O)C1CC1c1cccc2ccccc12. The third-order valence-electron chi connectivity index (χ3n) is 6.62. The number of aromatic nitrogens is 2. The highest BCUT2D eigenvalue weighted by atomic mass is 16.5. The molecule has 29 heavy (non-hydrogen) atoms. The van der Waals surface area contributed by atoms with E-state index < -0.39 is 0 Å². The summed E-state index contributed by atoms with van der Waals surface area (Å²) in [6.45, 7) is 4.74. The van der Waals surface area contributed by atoms with Gasteiger partial charge in [-0.1, -0.05) is 42.5 Å². The van der Waals surface area contributed by atoms with Crippen molar-refractivity contribution in [3.05, 3.63) is 65.0 Å². The van der Waals surface area contributed by atoms with Crippen LogP contribution in [0.3, 0.4) is 0 Å². The molecule has 1 amide bonds. The van der Waals surface area contributed by atoms with Crippen molar-refractivity contribution in [3.8, 4) is 0 Å². The Morgan fingerprint density at radius 3 is 2.76 bits per heavy atom. The molecule has 5 rings (SSSR count). The molecule has 1 aromatic heterocycles. The highest BCUT2D eigenvalue weighted by molar-refractivity contribution is 5.89. The maximum absolute atomic E-state index is 13.0. The minimum absolute atomic E-state index is 0.0119. The number of benzene rings is 2. The first kappa shape index (κ1) is 18.4. The number of ether oxygens (including phenoxy) is 1. The molecule has 1 aliphatic heterocycles. The van der Waals surface area contributed by atoms with Crippen LogP contribution in [0.2, 0.25) is 0 Å². The zero-order valence-corrected chi connectivity index (χ0v) is 17.2. The van der Waals surface area contributed by atoms with Gasteiger partial charge in [-0.3, -0.25) is 9.48 Å². The van der Waals surface area contributed by atoms with Crippen LogP contribution in [0.15, 0.2) is 42.5 Å². The molecule has 1 aliphatic carbocycles. The summed E-state index contributed by atoms with van der Waals surface area (Å²) in [6, 6.07) is 14.8. The van der Waals surface area contributed by atoms with Gasteiger partial charge in [0.15, 0.2) is 0 Å². The van der Waals surface area contributed by atoms with Crippen LogP contribution in [0.5, 0.6) is 0 Å². The summed E-state index contributed by atoms with van der Waals surface area (Å²) in [5.74, 6) is 0.518. The Labute approximate surface area is 171 Å². The average Bonchev–Trinajstić information content (AvgIpc) is 3.33. The molecule has 5 nitrogen and oxygen atoms in total. The lowest BCUT2D eigenvalue weighted by Crippen LogP contribution is -2.38. The fourth-order valence-electron chi connectivity index (χ4n) is 4.92. The highest BCUT2D eigenvalue weighted by Crippen LogP contribution is 2.50. The van der Waals surface area contributed by atoms with Crippen molar-refractivity contribution in [2.24, 2.45) is 13.0 Å². The van der Waals surface area contributed by atoms with Gasteiger partial charge in [0, 0.05) is 30.8 Å². The number of carbonyl (C=O) groups excluding carboxylic acids is 1. The normalized spacial score (nSPS) is 26.0. The van der Waals surface area contributed by atoms with Crippen LogP contribution in [0.1, 0.15) is 47.4 Å². The van der Waals surface area contributed by atoms with Crippen molar-refractivity contribution < 1.29 is 9.53 Å². The summed E-state index contributed by atoms with van der Waals surface area (Å²) >= 11 is 0. The van der Waals surface area contributed by atoms with Crippen LogP contribution in [0.4, 0.5) is 0 Å². The second-order valence-electron chi connectivity index (χ2n) is 8.42. The standard InChI is InChI=1S/C24H27N3O2/c1-14-22(15(2)27(3)26-14)23-21(11-12-29-23)25-24(28)20-13-19(20)18-10-6-8-16-7-4-5-9-17(16)18/h4-10,19-21,23H,11-13H2,1-3H3,(H,25,28)/t19?,20?,21-,23-/m0/s1. The first-order valence-corrected chi connectivity index (χ1v) is 10.4. The molecule has 0 spiro atoms. The number of hydrogen-bond donors (Lipinski definition) is 1. The molecule has 2 unspecified atom stereocenters. The summed E-state index contributed by atoms with van der Waals surface area (Å²) in [5.41, 5.74) is 4.50. The maximum Gasteiger partial charge on any atom is 0.224 e. The fourth-order valence-corrected chi connectivity index (χ4v) is 4.92. The molecule has 2 heterocycles. The van der Waals surface area contributed by atoms with E-state index in [1.165, 1.54) is 16.3 Å². The maximum atomic E-state index is 13.0. The topological polar surface area (TPSA) is 56.1 Å². The molecule has 1 saturated heterocycles. The Bertz CT molecular complexity index is 1080. The minimum Gasteiger partial charge on any atom is -0.371 e. The van der Waals surface area contributed by atoms with Crippen LogP contribution in [-0.2, 0) is 16.6 Å². The van der Waals surface area contributed by atoms with Crippen molar-refractivity contribution >= 4 is 16.7 Å². The number of nitrogens with one attached hydrogen (secondary N) is 1. The minimum atomic E-state index is -0.109. The van der Waals surface area contributed by atoms with Gasteiger partial charge in [0.25, 0.3) is 0 Å². The second-order valence-corrected chi connectivity index (χ2v) is 8.42. The van der Waals surface area contributed by atoms with Crippen molar-refractivity contribution in [3.63, 3.8) is 0 Å². The lowest BCUT2D eigenvalue weighted by Gasteiger charge is -2.21. The number of fused-ring (bicyclic) bond motifs is 1. The Kier molecular flexibility index (Phi) is 4.43. The zero-order chi connectivity index (χ0) is 20.1. The van der Waals surface area contributed by atoms with E-state index in [4.69, 9.17) is 4.74 Å². The Balaban J connectivity index is 1.32. The summed E-state index contributed by atoms with van der Waals surface area (Å²) < 4.78 is 7.92. The van der Waals surface area contributed by atoms with E-state index in [1.807, 2.05) is 18.7 Å².